The van der Waals surface area contributed by atoms with E-state index in [1.165, 1.54) is 0 Å². The van der Waals surface area contributed by atoms with Crippen molar-refractivity contribution >= 4 is 23.6 Å². The molecule has 2 aliphatic rings. The van der Waals surface area contributed by atoms with Crippen LogP contribution in [0.5, 0.6) is 5.75 Å². The summed E-state index contributed by atoms with van der Waals surface area (Å²) in [5.41, 5.74) is 1.57. The minimum absolute atomic E-state index is 0.105. The van der Waals surface area contributed by atoms with Gasteiger partial charge >= 0.3 is 0 Å². The molecule has 7 nitrogen and oxygen atoms in total. The van der Waals surface area contributed by atoms with Gasteiger partial charge in [-0.05, 0) is 29.8 Å². The molecule has 32 heavy (non-hydrogen) atoms. The van der Waals surface area contributed by atoms with Gasteiger partial charge in [0.15, 0.2) is 0 Å². The number of amides is 2. The first-order valence-corrected chi connectivity index (χ1v) is 12.1. The molecule has 0 aromatic heterocycles. The van der Waals surface area contributed by atoms with Gasteiger partial charge in [0.1, 0.15) is 18.4 Å². The summed E-state index contributed by atoms with van der Waals surface area (Å²) in [6, 6.07) is 16.4. The van der Waals surface area contributed by atoms with Gasteiger partial charge in [0.05, 0.1) is 19.1 Å². The number of carbonyl (C=O) groups is 2. The van der Waals surface area contributed by atoms with Gasteiger partial charge in [-0.25, -0.2) is 0 Å². The Morgan fingerprint density at radius 2 is 1.91 bits per heavy atom. The van der Waals surface area contributed by atoms with Crippen LogP contribution in [0.15, 0.2) is 54.6 Å². The molecule has 1 unspecified atom stereocenters. The highest BCUT2D eigenvalue weighted by molar-refractivity contribution is 7.99. The molecule has 4 rings (SSSR count). The standard InChI is InChI=1S/C24H29N3O4S/c28-23(22-17-32-18-27(22)24(29)20-6-2-1-3-7-20)25-16-19-5-4-8-21(15-19)31-14-11-26-9-12-30-13-10-26/h1-8,15,22H,9-14,16-18H2,(H,25,28). The molecule has 170 valence electrons. The maximum absolute atomic E-state index is 12.8. The SMILES string of the molecule is O=C(NCc1cccc(OCCN2CCOCC2)c1)C1CSCN1C(=O)c1ccccc1. The van der Waals surface area contributed by atoms with Gasteiger partial charge in [0, 0.05) is 37.5 Å². The normalized spacial score (nSPS) is 19.0. The third-order valence-corrected chi connectivity index (χ3v) is 6.62. The van der Waals surface area contributed by atoms with Crippen LogP contribution in [0.2, 0.25) is 0 Å². The first-order valence-electron chi connectivity index (χ1n) is 10.9. The second kappa shape index (κ2) is 11.4. The van der Waals surface area contributed by atoms with Crippen molar-refractivity contribution in [3.63, 3.8) is 0 Å². The van der Waals surface area contributed by atoms with Crippen molar-refractivity contribution in [3.8, 4) is 5.75 Å². The quantitative estimate of drug-likeness (QED) is 0.658. The Labute approximate surface area is 193 Å². The van der Waals surface area contributed by atoms with Crippen LogP contribution in [0.25, 0.3) is 0 Å². The molecule has 0 saturated carbocycles. The number of carbonyl (C=O) groups excluding carboxylic acids is 2. The maximum Gasteiger partial charge on any atom is 0.255 e. The van der Waals surface area contributed by atoms with Crippen molar-refractivity contribution in [2.75, 3.05) is 51.1 Å². The van der Waals surface area contributed by atoms with E-state index < -0.39 is 6.04 Å². The summed E-state index contributed by atoms with van der Waals surface area (Å²) >= 11 is 1.60. The lowest BCUT2D eigenvalue weighted by molar-refractivity contribution is -0.124. The fourth-order valence-electron chi connectivity index (χ4n) is 3.78. The van der Waals surface area contributed by atoms with Crippen molar-refractivity contribution in [1.82, 2.24) is 15.1 Å². The van der Waals surface area contributed by atoms with Gasteiger partial charge in [-0.2, -0.15) is 0 Å². The van der Waals surface area contributed by atoms with E-state index in [-0.39, 0.29) is 11.8 Å². The van der Waals surface area contributed by atoms with Gasteiger partial charge < -0.3 is 19.7 Å². The zero-order valence-electron chi connectivity index (χ0n) is 18.1. The van der Waals surface area contributed by atoms with Crippen LogP contribution in [0.4, 0.5) is 0 Å². The molecule has 1 atom stereocenters. The average molecular weight is 456 g/mol. The molecule has 0 aliphatic carbocycles. The van der Waals surface area contributed by atoms with Crippen molar-refractivity contribution in [1.29, 1.82) is 0 Å². The first kappa shape index (κ1) is 22.6. The van der Waals surface area contributed by atoms with Crippen molar-refractivity contribution < 1.29 is 19.1 Å². The fraction of sp³-hybridized carbons (Fsp3) is 0.417. The topological polar surface area (TPSA) is 71.1 Å². The highest BCUT2D eigenvalue weighted by Gasteiger charge is 2.34. The average Bonchev–Trinajstić information content (AvgIpc) is 3.34. The molecular formula is C24H29N3O4S. The number of ether oxygens (including phenoxy) is 2. The predicted octanol–water partition coefficient (Wildman–Crippen LogP) is 2.23. The predicted molar refractivity (Wildman–Crippen MR) is 125 cm³/mol. The Balaban J connectivity index is 1.27. The number of benzene rings is 2. The van der Waals surface area contributed by atoms with E-state index in [9.17, 15) is 9.59 Å². The summed E-state index contributed by atoms with van der Waals surface area (Å²) in [4.78, 5) is 29.6. The van der Waals surface area contributed by atoms with Gasteiger partial charge in [-0.1, -0.05) is 30.3 Å². The lowest BCUT2D eigenvalue weighted by atomic mass is 10.1. The van der Waals surface area contributed by atoms with Gasteiger partial charge in [0.2, 0.25) is 5.91 Å². The Morgan fingerprint density at radius 3 is 2.72 bits per heavy atom. The number of hydrogen-bond donors (Lipinski definition) is 1. The molecule has 2 amide bonds. The van der Waals surface area contributed by atoms with Crippen LogP contribution in [-0.2, 0) is 16.1 Å². The number of nitrogens with one attached hydrogen (secondary N) is 1. The minimum atomic E-state index is -0.458. The minimum Gasteiger partial charge on any atom is -0.492 e. The number of morpholine rings is 1. The summed E-state index contributed by atoms with van der Waals surface area (Å²) in [6.07, 6.45) is 0. The van der Waals surface area contributed by atoms with E-state index in [1.807, 2.05) is 42.5 Å². The highest BCUT2D eigenvalue weighted by atomic mass is 32.2. The smallest absolute Gasteiger partial charge is 0.255 e. The molecule has 2 aromatic carbocycles. The molecule has 2 aromatic rings. The molecule has 2 heterocycles. The third-order valence-electron chi connectivity index (χ3n) is 5.61. The van der Waals surface area contributed by atoms with E-state index in [0.29, 0.717) is 30.3 Å². The van der Waals surface area contributed by atoms with E-state index in [1.54, 1.807) is 28.8 Å². The molecule has 2 fully saturated rings. The van der Waals surface area contributed by atoms with Crippen LogP contribution in [0.3, 0.4) is 0 Å². The lowest BCUT2D eigenvalue weighted by Crippen LogP contribution is -2.47. The molecule has 1 N–H and O–H groups in total. The highest BCUT2D eigenvalue weighted by Crippen LogP contribution is 2.23. The second-order valence-corrected chi connectivity index (χ2v) is 8.82. The molecule has 8 heteroatoms. The van der Waals surface area contributed by atoms with Crippen LogP contribution >= 0.6 is 11.8 Å². The zero-order chi connectivity index (χ0) is 22.2. The van der Waals surface area contributed by atoms with Crippen molar-refractivity contribution in [2.45, 2.75) is 12.6 Å². The van der Waals surface area contributed by atoms with Crippen LogP contribution in [0.1, 0.15) is 15.9 Å². The zero-order valence-corrected chi connectivity index (χ0v) is 18.9. The molecule has 2 aliphatic heterocycles. The molecular weight excluding hydrogens is 426 g/mol. The van der Waals surface area contributed by atoms with Gasteiger partial charge in [0.25, 0.3) is 5.91 Å². The van der Waals surface area contributed by atoms with E-state index >= 15 is 0 Å². The number of hydrogen-bond acceptors (Lipinski definition) is 6. The summed E-state index contributed by atoms with van der Waals surface area (Å²) in [7, 11) is 0. The molecule has 0 bridgehead atoms. The van der Waals surface area contributed by atoms with Crippen LogP contribution in [0, 0.1) is 0 Å². The van der Waals surface area contributed by atoms with Crippen LogP contribution in [-0.4, -0.2) is 78.7 Å². The Morgan fingerprint density at radius 1 is 1.09 bits per heavy atom. The Bertz CT molecular complexity index is 905. The van der Waals surface area contributed by atoms with Crippen molar-refractivity contribution in [3.05, 3.63) is 65.7 Å². The number of rotatable bonds is 8. The fourth-order valence-corrected chi connectivity index (χ4v) is 4.93. The third kappa shape index (κ3) is 6.03. The van der Waals surface area contributed by atoms with Gasteiger partial charge in [-0.15, -0.1) is 11.8 Å². The largest absolute Gasteiger partial charge is 0.492 e. The molecule has 0 spiro atoms. The number of thioether (sulfide) groups is 1. The van der Waals surface area contributed by atoms with E-state index in [0.717, 1.165) is 44.2 Å². The molecule has 2 saturated heterocycles. The van der Waals surface area contributed by atoms with Crippen molar-refractivity contribution in [2.24, 2.45) is 0 Å². The lowest BCUT2D eigenvalue weighted by Gasteiger charge is -2.26. The number of nitrogens with zero attached hydrogens (tertiary/aromatic N) is 2. The van der Waals surface area contributed by atoms with E-state index in [4.69, 9.17) is 9.47 Å². The van der Waals surface area contributed by atoms with Gasteiger partial charge in [-0.3, -0.25) is 14.5 Å². The summed E-state index contributed by atoms with van der Waals surface area (Å²) < 4.78 is 11.3. The maximum atomic E-state index is 12.8. The summed E-state index contributed by atoms with van der Waals surface area (Å²) in [5.74, 6) is 1.69. The summed E-state index contributed by atoms with van der Waals surface area (Å²) in [5, 5.41) is 2.99. The monoisotopic (exact) mass is 455 g/mol. The Hall–Kier alpha value is -2.55. The van der Waals surface area contributed by atoms with E-state index in [2.05, 4.69) is 10.2 Å². The summed E-state index contributed by atoms with van der Waals surface area (Å²) in [6.45, 7) is 5.33. The Kier molecular flexibility index (Phi) is 8.03. The first-order chi connectivity index (χ1) is 15.7. The molecule has 0 radical (unpaired) electrons. The van der Waals surface area contributed by atoms with Crippen LogP contribution < -0.4 is 10.1 Å². The second-order valence-electron chi connectivity index (χ2n) is 7.82.